The minimum atomic E-state index is 0.907. The molecule has 0 aliphatic heterocycles. The average molecular weight is 259 g/mol. The number of furan rings is 1. The van der Waals surface area contributed by atoms with Gasteiger partial charge in [0.15, 0.2) is 3.77 Å². The first-order valence-electron chi connectivity index (χ1n) is 3.27. The molecule has 0 bridgehead atoms. The maximum atomic E-state index is 5.40. The SMILES string of the molecule is Cc1cc2oc(I)cc2cn1. The minimum Gasteiger partial charge on any atom is -0.450 e. The molecule has 2 rings (SSSR count). The Labute approximate surface area is 77.8 Å². The van der Waals surface area contributed by atoms with Gasteiger partial charge in [-0.15, -0.1) is 0 Å². The fraction of sp³-hybridized carbons (Fsp3) is 0.125. The van der Waals surface area contributed by atoms with Crippen LogP contribution in [0.3, 0.4) is 0 Å². The third kappa shape index (κ3) is 1.24. The van der Waals surface area contributed by atoms with Crippen molar-refractivity contribution in [3.63, 3.8) is 0 Å². The molecule has 0 saturated carbocycles. The van der Waals surface area contributed by atoms with Crippen molar-refractivity contribution < 1.29 is 4.42 Å². The van der Waals surface area contributed by atoms with E-state index in [-0.39, 0.29) is 0 Å². The number of aromatic nitrogens is 1. The van der Waals surface area contributed by atoms with Crippen LogP contribution in [0.5, 0.6) is 0 Å². The van der Waals surface area contributed by atoms with Gasteiger partial charge >= 0.3 is 0 Å². The summed E-state index contributed by atoms with van der Waals surface area (Å²) < 4.78 is 6.30. The number of hydrogen-bond donors (Lipinski definition) is 0. The minimum absolute atomic E-state index is 0.907. The van der Waals surface area contributed by atoms with Gasteiger partial charge in [-0.3, -0.25) is 4.98 Å². The monoisotopic (exact) mass is 259 g/mol. The smallest absolute Gasteiger partial charge is 0.165 e. The number of aryl methyl sites for hydroxylation is 1. The standard InChI is InChI=1S/C8H6INO/c1-5-2-7-6(4-10-5)3-8(9)11-7/h2-4H,1H3. The van der Waals surface area contributed by atoms with Crippen LogP contribution < -0.4 is 0 Å². The lowest BCUT2D eigenvalue weighted by Gasteiger charge is -1.88. The van der Waals surface area contributed by atoms with E-state index in [1.165, 1.54) is 0 Å². The first kappa shape index (κ1) is 7.09. The Morgan fingerprint density at radius 3 is 3.09 bits per heavy atom. The van der Waals surface area contributed by atoms with Crippen LogP contribution >= 0.6 is 22.6 Å². The van der Waals surface area contributed by atoms with Crippen molar-refractivity contribution in [2.75, 3.05) is 0 Å². The Kier molecular flexibility index (Phi) is 1.60. The Morgan fingerprint density at radius 1 is 1.45 bits per heavy atom. The molecule has 0 amide bonds. The van der Waals surface area contributed by atoms with Crippen molar-refractivity contribution in [3.05, 3.63) is 27.8 Å². The highest BCUT2D eigenvalue weighted by molar-refractivity contribution is 14.1. The fourth-order valence-corrected chi connectivity index (χ4v) is 1.57. The lowest BCUT2D eigenvalue weighted by molar-refractivity contribution is 0.583. The Morgan fingerprint density at radius 2 is 2.27 bits per heavy atom. The predicted octanol–water partition coefficient (Wildman–Crippen LogP) is 2.74. The van der Waals surface area contributed by atoms with E-state index in [4.69, 9.17) is 4.42 Å². The number of nitrogens with zero attached hydrogens (tertiary/aromatic N) is 1. The largest absolute Gasteiger partial charge is 0.450 e. The fourth-order valence-electron chi connectivity index (χ4n) is 0.999. The molecule has 56 valence electrons. The lowest BCUT2D eigenvalue weighted by atomic mass is 10.3. The summed E-state index contributed by atoms with van der Waals surface area (Å²) >= 11 is 2.15. The third-order valence-electron chi connectivity index (χ3n) is 1.51. The molecule has 0 spiro atoms. The Balaban J connectivity index is 2.82. The van der Waals surface area contributed by atoms with Crippen molar-refractivity contribution in [1.29, 1.82) is 0 Å². The van der Waals surface area contributed by atoms with Gasteiger partial charge in [-0.05, 0) is 35.6 Å². The molecular weight excluding hydrogens is 253 g/mol. The number of pyridine rings is 1. The molecule has 2 aromatic heterocycles. The molecule has 3 heteroatoms. The number of halogens is 1. The number of rotatable bonds is 0. The Bertz CT molecular complexity index is 394. The van der Waals surface area contributed by atoms with Gasteiger partial charge in [0.2, 0.25) is 0 Å². The molecule has 2 aromatic rings. The van der Waals surface area contributed by atoms with Crippen LogP contribution in [-0.2, 0) is 0 Å². The quantitative estimate of drug-likeness (QED) is 0.680. The highest BCUT2D eigenvalue weighted by Crippen LogP contribution is 2.19. The summed E-state index contributed by atoms with van der Waals surface area (Å²) in [6, 6.07) is 3.92. The molecule has 0 unspecified atom stereocenters. The summed E-state index contributed by atoms with van der Waals surface area (Å²) in [6.07, 6.45) is 1.83. The molecule has 0 radical (unpaired) electrons. The third-order valence-corrected chi connectivity index (χ3v) is 2.04. The molecule has 0 atom stereocenters. The van der Waals surface area contributed by atoms with Crippen LogP contribution in [0.1, 0.15) is 5.69 Å². The maximum absolute atomic E-state index is 5.40. The van der Waals surface area contributed by atoms with E-state index in [1.54, 1.807) is 0 Å². The molecule has 0 fully saturated rings. The highest BCUT2D eigenvalue weighted by Gasteiger charge is 2.00. The maximum Gasteiger partial charge on any atom is 0.165 e. The van der Waals surface area contributed by atoms with Crippen molar-refractivity contribution >= 4 is 33.6 Å². The normalized spacial score (nSPS) is 10.7. The van der Waals surface area contributed by atoms with Crippen molar-refractivity contribution in [2.45, 2.75) is 6.92 Å². The summed E-state index contributed by atoms with van der Waals surface area (Å²) in [7, 11) is 0. The average Bonchev–Trinajstić information content (AvgIpc) is 2.27. The predicted molar refractivity (Wildman–Crippen MR) is 51.5 cm³/mol. The van der Waals surface area contributed by atoms with Gasteiger partial charge in [-0.25, -0.2) is 0 Å². The lowest BCUT2D eigenvalue weighted by Crippen LogP contribution is -1.76. The number of fused-ring (bicyclic) bond motifs is 1. The van der Waals surface area contributed by atoms with Crippen LogP contribution in [0.2, 0.25) is 0 Å². The van der Waals surface area contributed by atoms with Gasteiger partial charge in [0, 0.05) is 23.3 Å². The van der Waals surface area contributed by atoms with E-state index in [1.807, 2.05) is 25.3 Å². The zero-order valence-electron chi connectivity index (χ0n) is 5.97. The summed E-state index contributed by atoms with van der Waals surface area (Å²) in [5.74, 6) is 0. The summed E-state index contributed by atoms with van der Waals surface area (Å²) in [5.41, 5.74) is 1.91. The van der Waals surface area contributed by atoms with E-state index >= 15 is 0 Å². The summed E-state index contributed by atoms with van der Waals surface area (Å²) in [4.78, 5) is 4.16. The summed E-state index contributed by atoms with van der Waals surface area (Å²) in [6.45, 7) is 1.95. The first-order chi connectivity index (χ1) is 5.25. The molecule has 0 aliphatic carbocycles. The van der Waals surface area contributed by atoms with Crippen molar-refractivity contribution in [1.82, 2.24) is 4.98 Å². The van der Waals surface area contributed by atoms with E-state index in [2.05, 4.69) is 27.6 Å². The zero-order valence-corrected chi connectivity index (χ0v) is 8.12. The molecule has 0 saturated heterocycles. The molecule has 0 aliphatic rings. The Hall–Kier alpha value is -0.580. The highest BCUT2D eigenvalue weighted by atomic mass is 127. The molecule has 0 aromatic carbocycles. The van der Waals surface area contributed by atoms with Crippen LogP contribution in [0.25, 0.3) is 11.0 Å². The van der Waals surface area contributed by atoms with Crippen molar-refractivity contribution in [3.8, 4) is 0 Å². The summed E-state index contributed by atoms with van der Waals surface area (Å²) in [5, 5.41) is 1.07. The molecule has 11 heavy (non-hydrogen) atoms. The van der Waals surface area contributed by atoms with Crippen LogP contribution in [0.4, 0.5) is 0 Å². The van der Waals surface area contributed by atoms with E-state index in [0.717, 1.165) is 20.4 Å². The zero-order chi connectivity index (χ0) is 7.84. The van der Waals surface area contributed by atoms with E-state index in [9.17, 15) is 0 Å². The van der Waals surface area contributed by atoms with Gasteiger partial charge in [0.1, 0.15) is 5.58 Å². The topological polar surface area (TPSA) is 26.0 Å². The van der Waals surface area contributed by atoms with E-state index < -0.39 is 0 Å². The van der Waals surface area contributed by atoms with Crippen LogP contribution in [0.15, 0.2) is 22.7 Å². The van der Waals surface area contributed by atoms with Crippen molar-refractivity contribution in [2.24, 2.45) is 0 Å². The molecular formula is C8H6INO. The second-order valence-electron chi connectivity index (χ2n) is 2.41. The second kappa shape index (κ2) is 2.48. The van der Waals surface area contributed by atoms with Gasteiger partial charge in [-0.2, -0.15) is 0 Å². The van der Waals surface area contributed by atoms with Gasteiger partial charge in [0.25, 0.3) is 0 Å². The van der Waals surface area contributed by atoms with Crippen LogP contribution in [-0.4, -0.2) is 4.98 Å². The van der Waals surface area contributed by atoms with Gasteiger partial charge in [0.05, 0.1) is 0 Å². The van der Waals surface area contributed by atoms with E-state index in [0.29, 0.717) is 0 Å². The molecule has 0 N–H and O–H groups in total. The first-order valence-corrected chi connectivity index (χ1v) is 4.35. The molecule has 2 nitrogen and oxygen atoms in total. The molecule has 2 heterocycles. The van der Waals surface area contributed by atoms with Crippen LogP contribution in [0, 0.1) is 10.7 Å². The van der Waals surface area contributed by atoms with Gasteiger partial charge in [-0.1, -0.05) is 0 Å². The second-order valence-corrected chi connectivity index (χ2v) is 3.48. The number of hydrogen-bond acceptors (Lipinski definition) is 2. The van der Waals surface area contributed by atoms with Gasteiger partial charge < -0.3 is 4.42 Å².